The van der Waals surface area contributed by atoms with Crippen LogP contribution < -0.4 is 0 Å². The fraction of sp³-hybridized carbons (Fsp3) is 0.0145. The van der Waals surface area contributed by atoms with Crippen molar-refractivity contribution in [2.75, 3.05) is 0 Å². The van der Waals surface area contributed by atoms with Crippen LogP contribution in [0.2, 0.25) is 0 Å². The minimum Gasteiger partial charge on any atom is -0.455 e. The molecule has 5 heteroatoms. The third kappa shape index (κ3) is 5.96. The molecule has 0 aliphatic heterocycles. The number of hydrogen-bond donors (Lipinski definition) is 1. The number of furan rings is 2. The number of benzene rings is 12. The van der Waals surface area contributed by atoms with Crippen molar-refractivity contribution in [1.29, 1.82) is 0 Å². The van der Waals surface area contributed by atoms with Gasteiger partial charge in [-0.05, 0) is 121 Å². The Morgan fingerprint density at radius 3 is 1.43 bits per heavy atom. The molecule has 0 bridgehead atoms. The predicted octanol–water partition coefficient (Wildman–Crippen LogP) is 20.6. The quantitative estimate of drug-likeness (QED) is 0.178. The number of aromatic amines is 1. The lowest BCUT2D eigenvalue weighted by molar-refractivity contribution is 0.672. The van der Waals surface area contributed by atoms with E-state index in [0.29, 0.717) is 0 Å². The molecule has 0 amide bonds. The van der Waals surface area contributed by atoms with Gasteiger partial charge in [0.15, 0.2) is 0 Å². The Morgan fingerprint density at radius 2 is 0.770 bits per heavy atom. The zero-order valence-corrected chi connectivity index (χ0v) is 40.7. The summed E-state index contributed by atoms with van der Waals surface area (Å²) < 4.78 is 16.2. The number of para-hydroxylation sites is 4. The second kappa shape index (κ2) is 16.2. The van der Waals surface area contributed by atoms with E-state index in [1.54, 1.807) is 0 Å². The number of H-pyrrole nitrogens is 1. The lowest BCUT2D eigenvalue weighted by Crippen LogP contribution is -1.95. The summed E-state index contributed by atoms with van der Waals surface area (Å²) in [4.78, 5) is 3.45. The van der Waals surface area contributed by atoms with E-state index in [1.807, 2.05) is 24.3 Å². The largest absolute Gasteiger partial charge is 0.455 e. The summed E-state index contributed by atoms with van der Waals surface area (Å²) >= 11 is 3.64. The topological polar surface area (TPSA) is 47.0 Å². The minimum atomic E-state index is 0. The average Bonchev–Trinajstić information content (AvgIpc) is 4.35. The van der Waals surface area contributed by atoms with Crippen molar-refractivity contribution in [3.63, 3.8) is 0 Å². The highest BCUT2D eigenvalue weighted by molar-refractivity contribution is 9.10. The van der Waals surface area contributed by atoms with Crippen LogP contribution in [0.25, 0.3) is 159 Å². The van der Waals surface area contributed by atoms with Crippen LogP contribution in [0, 0.1) is 0 Å². The number of aromatic nitrogens is 2. The molecule has 4 nitrogen and oxygen atoms in total. The molecule has 4 aromatic heterocycles. The summed E-state index contributed by atoms with van der Waals surface area (Å²) in [7, 11) is 0. The first kappa shape index (κ1) is 42.5. The average molecular weight is 1010 g/mol. The molecule has 0 saturated carbocycles. The van der Waals surface area contributed by atoms with Crippen LogP contribution in [-0.4, -0.2) is 9.55 Å². The van der Waals surface area contributed by atoms with Gasteiger partial charge in [-0.3, -0.25) is 0 Å². The van der Waals surface area contributed by atoms with Crippen LogP contribution in [0.5, 0.6) is 0 Å². The van der Waals surface area contributed by atoms with Crippen LogP contribution in [0.1, 0.15) is 7.43 Å². The Labute approximate surface area is 433 Å². The standard InChI is InChI=1S/C34H19NO.C18H11NO.C16H9Br.CH4/c1-2-9-21-20(8-1)23-12-7-13-26-29(18-16-24(21)32(23)26)35-28-14-5-3-11-27(28)33-30(35)19-17-25-22-10-4-6-15-31(22)36-34(25)33;1-3-7-14-13(6-1)17-15(19-14)10-9-12-11-5-2-4-8-16(11)20-18(12)17;17-15-9-8-13-11-5-2-1-4-10(11)12-6-3-7-14(15)16(12)13;/h1-19H;1-10,19H;1-9H;1H4. The van der Waals surface area contributed by atoms with Crippen LogP contribution >= 0.6 is 15.9 Å². The van der Waals surface area contributed by atoms with Crippen LogP contribution in [0.3, 0.4) is 0 Å². The molecule has 16 aromatic rings. The van der Waals surface area contributed by atoms with Crippen LogP contribution in [0.4, 0.5) is 0 Å². The predicted molar refractivity (Wildman–Crippen MR) is 316 cm³/mol. The molecule has 348 valence electrons. The van der Waals surface area contributed by atoms with Gasteiger partial charge in [0.2, 0.25) is 0 Å². The Bertz CT molecular complexity index is 4950. The maximum atomic E-state index is 6.49. The molecular formula is C69H43BrN2O2. The van der Waals surface area contributed by atoms with E-state index in [2.05, 4.69) is 232 Å². The lowest BCUT2D eigenvalue weighted by Gasteiger charge is -2.13. The summed E-state index contributed by atoms with van der Waals surface area (Å²) in [6, 6.07) is 81.9. The zero-order chi connectivity index (χ0) is 47.9. The Morgan fingerprint density at radius 1 is 0.297 bits per heavy atom. The Balaban J connectivity index is 0.000000107. The third-order valence-electron chi connectivity index (χ3n) is 15.5. The molecular weight excluding hydrogens is 969 g/mol. The molecule has 4 heterocycles. The van der Waals surface area contributed by atoms with Crippen molar-refractivity contribution in [3.05, 3.63) is 235 Å². The highest BCUT2D eigenvalue weighted by atomic mass is 79.9. The maximum absolute atomic E-state index is 6.49. The normalized spacial score (nSPS) is 12.0. The van der Waals surface area contributed by atoms with Gasteiger partial charge in [0.25, 0.3) is 0 Å². The summed E-state index contributed by atoms with van der Waals surface area (Å²) in [5, 5.41) is 14.7. The van der Waals surface area contributed by atoms with E-state index in [4.69, 9.17) is 8.83 Å². The molecule has 12 aromatic carbocycles. The van der Waals surface area contributed by atoms with Crippen molar-refractivity contribution in [3.8, 4) is 50.2 Å². The number of fused-ring (bicyclic) bond motifs is 20. The molecule has 2 aliphatic carbocycles. The number of rotatable bonds is 1. The summed E-state index contributed by atoms with van der Waals surface area (Å²) in [6.07, 6.45) is 0. The van der Waals surface area contributed by atoms with E-state index < -0.39 is 0 Å². The van der Waals surface area contributed by atoms with Gasteiger partial charge >= 0.3 is 0 Å². The van der Waals surface area contributed by atoms with E-state index in [0.717, 1.165) is 44.1 Å². The van der Waals surface area contributed by atoms with E-state index >= 15 is 0 Å². The first-order valence-electron chi connectivity index (χ1n) is 24.8. The SMILES string of the molecule is Brc1ccc2c3c(cccc13)-c1ccccc1-2.C.c1ccc2c(c1)-c1cccc3c(-n4c5ccccc5c5c6oc7ccccc7c6ccc54)ccc-2c13.c1ccc2c(c1)[nH]c1ccc3c4ccccc4oc3c12. The van der Waals surface area contributed by atoms with Crippen molar-refractivity contribution in [1.82, 2.24) is 9.55 Å². The molecule has 0 fully saturated rings. The van der Waals surface area contributed by atoms with E-state index in [9.17, 15) is 0 Å². The van der Waals surface area contributed by atoms with Gasteiger partial charge in [0, 0.05) is 47.7 Å². The molecule has 0 atom stereocenters. The second-order valence-corrected chi connectivity index (χ2v) is 20.0. The molecule has 0 unspecified atom stereocenters. The fourth-order valence-electron chi connectivity index (χ4n) is 12.4. The van der Waals surface area contributed by atoms with E-state index in [1.165, 1.54) is 120 Å². The number of nitrogens with zero attached hydrogens (tertiary/aromatic N) is 1. The second-order valence-electron chi connectivity index (χ2n) is 19.2. The zero-order valence-electron chi connectivity index (χ0n) is 39.1. The maximum Gasteiger partial charge on any atom is 0.145 e. The van der Waals surface area contributed by atoms with Gasteiger partial charge in [0.1, 0.15) is 22.3 Å². The van der Waals surface area contributed by atoms with Gasteiger partial charge in [-0.15, -0.1) is 0 Å². The van der Waals surface area contributed by atoms with E-state index in [-0.39, 0.29) is 7.43 Å². The Kier molecular flexibility index (Phi) is 9.29. The summed E-state index contributed by atoms with van der Waals surface area (Å²) in [5.41, 5.74) is 20.3. The minimum absolute atomic E-state index is 0. The van der Waals surface area contributed by atoms with Gasteiger partial charge in [-0.25, -0.2) is 0 Å². The third-order valence-corrected chi connectivity index (χ3v) is 16.1. The smallest absolute Gasteiger partial charge is 0.145 e. The van der Waals surface area contributed by atoms with Crippen molar-refractivity contribution in [2.45, 2.75) is 7.43 Å². The first-order valence-corrected chi connectivity index (χ1v) is 25.6. The number of nitrogens with one attached hydrogen (secondary N) is 1. The van der Waals surface area contributed by atoms with Gasteiger partial charge in [-0.2, -0.15) is 0 Å². The monoisotopic (exact) mass is 1010 g/mol. The molecule has 1 N–H and O–H groups in total. The molecule has 2 aliphatic rings. The fourth-order valence-corrected chi connectivity index (χ4v) is 12.8. The molecule has 0 saturated heterocycles. The highest BCUT2D eigenvalue weighted by Crippen LogP contribution is 2.51. The number of halogens is 1. The summed E-state index contributed by atoms with van der Waals surface area (Å²) in [5.74, 6) is 0. The van der Waals surface area contributed by atoms with Gasteiger partial charge < -0.3 is 18.4 Å². The number of hydrogen-bond acceptors (Lipinski definition) is 2. The van der Waals surface area contributed by atoms with Crippen LogP contribution in [-0.2, 0) is 0 Å². The first-order chi connectivity index (χ1) is 36.2. The van der Waals surface area contributed by atoms with Crippen molar-refractivity contribution in [2.24, 2.45) is 0 Å². The van der Waals surface area contributed by atoms with Crippen LogP contribution in [0.15, 0.2) is 244 Å². The molecule has 0 spiro atoms. The van der Waals surface area contributed by atoms with Crippen molar-refractivity contribution < 1.29 is 8.83 Å². The Hall–Kier alpha value is -9.16. The molecule has 0 radical (unpaired) electrons. The van der Waals surface area contributed by atoms with Gasteiger partial charge in [-0.1, -0.05) is 193 Å². The molecule has 18 rings (SSSR count). The molecule has 74 heavy (non-hydrogen) atoms. The lowest BCUT2D eigenvalue weighted by atomic mass is 10.0. The van der Waals surface area contributed by atoms with Crippen molar-refractivity contribution >= 4 is 125 Å². The van der Waals surface area contributed by atoms with Gasteiger partial charge in [0.05, 0.1) is 33.0 Å². The highest BCUT2D eigenvalue weighted by Gasteiger charge is 2.25. The summed E-state index contributed by atoms with van der Waals surface area (Å²) in [6.45, 7) is 0.